The lowest BCUT2D eigenvalue weighted by Gasteiger charge is -2.36. The molecule has 2 saturated carbocycles. The second-order valence-corrected chi connectivity index (χ2v) is 8.89. The summed E-state index contributed by atoms with van der Waals surface area (Å²) in [5.41, 5.74) is -0.528. The van der Waals surface area contributed by atoms with Crippen molar-refractivity contribution < 1.29 is 12.8 Å². The first-order chi connectivity index (χ1) is 12.9. The number of nitrogens with zero attached hydrogens (tertiary/aromatic N) is 2. The van der Waals surface area contributed by atoms with E-state index in [-0.39, 0.29) is 22.3 Å². The van der Waals surface area contributed by atoms with Crippen LogP contribution in [-0.2, 0) is 15.6 Å². The number of rotatable bonds is 5. The first-order valence-corrected chi connectivity index (χ1v) is 10.6. The van der Waals surface area contributed by atoms with Crippen molar-refractivity contribution in [2.75, 3.05) is 0 Å². The normalized spacial score (nSPS) is 19.5. The summed E-state index contributed by atoms with van der Waals surface area (Å²) in [6.07, 6.45) is 5.71. The molecule has 8 nitrogen and oxygen atoms in total. The Bertz CT molecular complexity index is 1050. The lowest BCUT2D eigenvalue weighted by atomic mass is 9.82. The maximum absolute atomic E-state index is 12.9. The van der Waals surface area contributed by atoms with Crippen molar-refractivity contribution in [1.82, 2.24) is 14.7 Å². The Labute approximate surface area is 156 Å². The zero-order chi connectivity index (χ0) is 19.1. The van der Waals surface area contributed by atoms with Crippen LogP contribution in [0.25, 0.3) is 0 Å². The summed E-state index contributed by atoms with van der Waals surface area (Å²) in [4.78, 5) is 19.6. The van der Waals surface area contributed by atoms with Gasteiger partial charge in [-0.05, 0) is 37.8 Å². The lowest BCUT2D eigenvalue weighted by molar-refractivity contribution is 0.255. The van der Waals surface area contributed by atoms with Crippen LogP contribution in [0.3, 0.4) is 0 Å². The second kappa shape index (κ2) is 6.62. The first kappa shape index (κ1) is 17.9. The van der Waals surface area contributed by atoms with Gasteiger partial charge in [-0.15, -0.1) is 0 Å². The molecule has 0 amide bonds. The number of aromatic amines is 1. The quantitative estimate of drug-likeness (QED) is 0.808. The third-order valence-electron chi connectivity index (χ3n) is 5.20. The maximum atomic E-state index is 12.9. The van der Waals surface area contributed by atoms with Gasteiger partial charge < -0.3 is 9.40 Å². The molecule has 0 saturated heterocycles. The number of sulfonamides is 1. The SMILES string of the molecule is N#Cc1ccc(S(=O)(=O)NC2(c3nc(C4CC4)cc(=O)[nH]3)CCCCC2)o1. The fourth-order valence-corrected chi connectivity index (χ4v) is 5.03. The van der Waals surface area contributed by atoms with Crippen molar-refractivity contribution in [1.29, 1.82) is 5.26 Å². The molecule has 142 valence electrons. The molecule has 27 heavy (non-hydrogen) atoms. The second-order valence-electron chi connectivity index (χ2n) is 7.27. The molecule has 0 spiro atoms. The fraction of sp³-hybridized carbons (Fsp3) is 0.500. The van der Waals surface area contributed by atoms with Gasteiger partial charge in [-0.3, -0.25) is 4.79 Å². The van der Waals surface area contributed by atoms with Crippen molar-refractivity contribution in [3.63, 3.8) is 0 Å². The molecule has 4 rings (SSSR count). The molecule has 2 aromatic heterocycles. The molecule has 2 fully saturated rings. The number of H-pyrrole nitrogens is 1. The Hall–Kier alpha value is -2.44. The van der Waals surface area contributed by atoms with Gasteiger partial charge in [-0.1, -0.05) is 19.3 Å². The molecule has 0 bridgehead atoms. The summed E-state index contributed by atoms with van der Waals surface area (Å²) < 4.78 is 33.6. The molecule has 0 radical (unpaired) electrons. The zero-order valence-electron chi connectivity index (χ0n) is 14.7. The number of hydrogen-bond donors (Lipinski definition) is 2. The smallest absolute Gasteiger partial charge is 0.274 e. The maximum Gasteiger partial charge on any atom is 0.274 e. The number of aromatic nitrogens is 2. The van der Waals surface area contributed by atoms with Crippen LogP contribution < -0.4 is 10.3 Å². The van der Waals surface area contributed by atoms with Crippen molar-refractivity contribution in [3.8, 4) is 6.07 Å². The highest BCUT2D eigenvalue weighted by atomic mass is 32.2. The van der Waals surface area contributed by atoms with Gasteiger partial charge in [0, 0.05) is 12.0 Å². The molecule has 0 unspecified atom stereocenters. The van der Waals surface area contributed by atoms with Gasteiger partial charge in [0.25, 0.3) is 15.6 Å². The minimum atomic E-state index is -4.02. The molecule has 0 atom stereocenters. The van der Waals surface area contributed by atoms with E-state index >= 15 is 0 Å². The Kier molecular flexibility index (Phi) is 4.40. The van der Waals surface area contributed by atoms with E-state index in [0.29, 0.717) is 18.7 Å². The summed E-state index contributed by atoms with van der Waals surface area (Å²) in [6.45, 7) is 0. The standard InChI is InChI=1S/C18H20N4O4S/c19-11-13-6-7-16(26-13)27(24,25)22-18(8-2-1-3-9-18)17-20-14(12-4-5-12)10-15(23)21-17/h6-7,10,12,22H,1-5,8-9H2,(H,20,21,23). The lowest BCUT2D eigenvalue weighted by Crippen LogP contribution is -2.49. The van der Waals surface area contributed by atoms with Gasteiger partial charge in [0.15, 0.2) is 0 Å². The summed E-state index contributed by atoms with van der Waals surface area (Å²) >= 11 is 0. The Balaban J connectivity index is 1.75. The first-order valence-electron chi connectivity index (χ1n) is 9.08. The summed E-state index contributed by atoms with van der Waals surface area (Å²) in [6, 6.07) is 5.85. The van der Waals surface area contributed by atoms with Crippen molar-refractivity contribution >= 4 is 10.0 Å². The third-order valence-corrected chi connectivity index (χ3v) is 6.61. The van der Waals surface area contributed by atoms with Gasteiger partial charge in [-0.25, -0.2) is 13.4 Å². The van der Waals surface area contributed by atoms with E-state index in [4.69, 9.17) is 9.68 Å². The largest absolute Gasteiger partial charge is 0.433 e. The molecule has 0 aromatic carbocycles. The van der Waals surface area contributed by atoms with E-state index in [1.54, 1.807) is 6.07 Å². The van der Waals surface area contributed by atoms with Crippen LogP contribution in [0.5, 0.6) is 0 Å². The highest BCUT2D eigenvalue weighted by Gasteiger charge is 2.42. The number of furan rings is 1. The molecule has 2 heterocycles. The van der Waals surface area contributed by atoms with E-state index in [0.717, 1.165) is 37.8 Å². The average molecular weight is 388 g/mol. The molecule has 2 aliphatic rings. The summed E-state index contributed by atoms with van der Waals surface area (Å²) in [5, 5.41) is 8.56. The van der Waals surface area contributed by atoms with E-state index < -0.39 is 15.6 Å². The monoisotopic (exact) mass is 388 g/mol. The highest BCUT2D eigenvalue weighted by molar-refractivity contribution is 7.89. The van der Waals surface area contributed by atoms with Crippen molar-refractivity contribution in [2.24, 2.45) is 0 Å². The molecule has 2 N–H and O–H groups in total. The van der Waals surface area contributed by atoms with E-state index in [1.807, 2.05) is 0 Å². The van der Waals surface area contributed by atoms with Gasteiger partial charge >= 0.3 is 0 Å². The number of hydrogen-bond acceptors (Lipinski definition) is 6. The van der Waals surface area contributed by atoms with Gasteiger partial charge in [0.1, 0.15) is 11.9 Å². The summed E-state index contributed by atoms with van der Waals surface area (Å²) in [7, 11) is -4.02. The van der Waals surface area contributed by atoms with Crippen LogP contribution in [0, 0.1) is 11.3 Å². The predicted octanol–water partition coefficient (Wildman–Crippen LogP) is 2.25. The van der Waals surface area contributed by atoms with Crippen LogP contribution in [0.2, 0.25) is 0 Å². The predicted molar refractivity (Wildman–Crippen MR) is 95.3 cm³/mol. The van der Waals surface area contributed by atoms with E-state index in [9.17, 15) is 13.2 Å². The Morgan fingerprint density at radius 3 is 2.63 bits per heavy atom. The van der Waals surface area contributed by atoms with Gasteiger partial charge in [-0.2, -0.15) is 9.98 Å². The summed E-state index contributed by atoms with van der Waals surface area (Å²) in [5.74, 6) is 0.578. The molecular weight excluding hydrogens is 368 g/mol. The third kappa shape index (κ3) is 3.55. The molecule has 2 aromatic rings. The fourth-order valence-electron chi connectivity index (χ4n) is 3.67. The van der Waals surface area contributed by atoms with Crippen LogP contribution in [0.15, 0.2) is 32.5 Å². The van der Waals surface area contributed by atoms with Gasteiger partial charge in [0.05, 0.1) is 11.2 Å². The van der Waals surface area contributed by atoms with E-state index in [1.165, 1.54) is 18.2 Å². The minimum absolute atomic E-state index is 0.0738. The average Bonchev–Trinajstić information content (AvgIpc) is 3.38. The molecule has 9 heteroatoms. The molecule has 0 aliphatic heterocycles. The zero-order valence-corrected chi connectivity index (χ0v) is 15.5. The highest BCUT2D eigenvalue weighted by Crippen LogP contribution is 2.41. The number of nitriles is 1. The Morgan fingerprint density at radius 2 is 2.00 bits per heavy atom. The number of nitrogens with one attached hydrogen (secondary N) is 2. The minimum Gasteiger partial charge on any atom is -0.433 e. The van der Waals surface area contributed by atoms with Crippen LogP contribution >= 0.6 is 0 Å². The van der Waals surface area contributed by atoms with E-state index in [2.05, 4.69) is 14.7 Å². The van der Waals surface area contributed by atoms with Crippen LogP contribution in [-0.4, -0.2) is 18.4 Å². The van der Waals surface area contributed by atoms with Gasteiger partial charge in [0.2, 0.25) is 10.9 Å². The van der Waals surface area contributed by atoms with Crippen LogP contribution in [0.1, 0.15) is 68.1 Å². The van der Waals surface area contributed by atoms with Crippen molar-refractivity contribution in [3.05, 3.63) is 45.8 Å². The topological polar surface area (TPSA) is 129 Å². The molecule has 2 aliphatic carbocycles. The van der Waals surface area contributed by atoms with Crippen molar-refractivity contribution in [2.45, 2.75) is 61.5 Å². The molecular formula is C18H20N4O4S. The van der Waals surface area contributed by atoms with Crippen LogP contribution in [0.4, 0.5) is 0 Å². The Morgan fingerprint density at radius 1 is 1.26 bits per heavy atom.